The summed E-state index contributed by atoms with van der Waals surface area (Å²) in [4.78, 5) is 34.7. The highest BCUT2D eigenvalue weighted by atomic mass is 16.6. The van der Waals surface area contributed by atoms with Gasteiger partial charge in [0.05, 0.1) is 0 Å². The number of ether oxygens (including phenoxy) is 2. The van der Waals surface area contributed by atoms with Crippen LogP contribution in [-0.4, -0.2) is 50.5 Å². The van der Waals surface area contributed by atoms with Crippen LogP contribution in [0.5, 0.6) is 11.5 Å². The minimum absolute atomic E-state index is 0.0673. The van der Waals surface area contributed by atoms with E-state index in [0.717, 1.165) is 0 Å². The molecule has 1 aromatic rings. The summed E-state index contributed by atoms with van der Waals surface area (Å²) in [6.45, 7) is 4.86. The number of aliphatic carboxylic acids is 1. The summed E-state index contributed by atoms with van der Waals surface area (Å²) < 4.78 is 10.1. The maximum absolute atomic E-state index is 11.9. The number of carboxylic acids is 1. The molecule has 1 unspecified atom stereocenters. The number of nitrogens with two attached hydrogens (primary N) is 1. The van der Waals surface area contributed by atoms with Gasteiger partial charge in [0.15, 0.2) is 22.7 Å². The van der Waals surface area contributed by atoms with Crippen LogP contribution in [0.15, 0.2) is 18.2 Å². The van der Waals surface area contributed by atoms with Crippen molar-refractivity contribution in [2.24, 2.45) is 5.73 Å². The van der Waals surface area contributed by atoms with Crippen LogP contribution < -0.4 is 15.2 Å². The molecule has 0 aromatic heterocycles. The molecule has 0 saturated carbocycles. The lowest BCUT2D eigenvalue weighted by Gasteiger charge is -2.20. The van der Waals surface area contributed by atoms with E-state index in [4.69, 9.17) is 20.3 Å². The fraction of sp³-hybridized carbons (Fsp3) is 0.471. The van der Waals surface area contributed by atoms with E-state index >= 15 is 0 Å². The zero-order valence-corrected chi connectivity index (χ0v) is 15.0. The van der Waals surface area contributed by atoms with Crippen molar-refractivity contribution in [3.63, 3.8) is 0 Å². The molecule has 0 radical (unpaired) electrons. The summed E-state index contributed by atoms with van der Waals surface area (Å²) in [6.07, 6.45) is -0.0673. The Hall–Kier alpha value is -2.49. The summed E-state index contributed by atoms with van der Waals surface area (Å²) in [5.74, 6) is -3.62. The maximum Gasteiger partial charge on any atom is 0.343 e. The lowest BCUT2D eigenvalue weighted by molar-refractivity contribution is -0.154. The van der Waals surface area contributed by atoms with Crippen LogP contribution in [0.2, 0.25) is 0 Å². The highest BCUT2D eigenvalue weighted by Gasteiger charge is 2.30. The van der Waals surface area contributed by atoms with Crippen LogP contribution in [0.1, 0.15) is 33.3 Å². The zero-order chi connectivity index (χ0) is 20.3. The summed E-state index contributed by atoms with van der Waals surface area (Å²) in [5, 5.41) is 28.3. The van der Waals surface area contributed by atoms with Gasteiger partial charge in [-0.3, -0.25) is 4.79 Å². The first kappa shape index (κ1) is 21.6. The van der Waals surface area contributed by atoms with E-state index in [2.05, 4.69) is 0 Å². The number of hydrogen-bond acceptors (Lipinski definition) is 8. The average Bonchev–Trinajstić information content (AvgIpc) is 2.47. The van der Waals surface area contributed by atoms with E-state index in [1.807, 2.05) is 0 Å². The molecular weight excluding hydrogens is 346 g/mol. The number of rotatable bonds is 7. The highest BCUT2D eigenvalue weighted by molar-refractivity contribution is 5.83. The molecule has 9 nitrogen and oxygen atoms in total. The van der Waals surface area contributed by atoms with Gasteiger partial charge in [0.1, 0.15) is 6.04 Å². The van der Waals surface area contributed by atoms with Crippen molar-refractivity contribution in [1.82, 2.24) is 0 Å². The van der Waals surface area contributed by atoms with Crippen molar-refractivity contribution in [2.45, 2.75) is 51.4 Å². The molecule has 26 heavy (non-hydrogen) atoms. The van der Waals surface area contributed by atoms with Crippen LogP contribution in [0, 0.1) is 0 Å². The van der Waals surface area contributed by atoms with Gasteiger partial charge in [0.2, 0.25) is 0 Å². The van der Waals surface area contributed by atoms with Gasteiger partial charge in [-0.1, -0.05) is 6.07 Å². The SMILES string of the molecule is CC(C)(O)C(=O)Oc1ccc(CC(N)C(=O)O)cc1OC(=O)C(C)(C)O. The standard InChI is InChI=1S/C17H23NO8/c1-16(2,23)14(21)25-11-6-5-9(7-10(18)13(19)20)8-12(11)26-15(22)17(3,4)24/h5-6,8,10,23-24H,7,18H2,1-4H3,(H,19,20). The number of hydrogen-bond donors (Lipinski definition) is 4. The van der Waals surface area contributed by atoms with Crippen LogP contribution in [-0.2, 0) is 20.8 Å². The predicted molar refractivity (Wildman–Crippen MR) is 89.6 cm³/mol. The summed E-state index contributed by atoms with van der Waals surface area (Å²) in [7, 11) is 0. The second kappa shape index (κ2) is 7.81. The van der Waals surface area contributed by atoms with E-state index in [9.17, 15) is 24.6 Å². The minimum Gasteiger partial charge on any atom is -0.480 e. The van der Waals surface area contributed by atoms with E-state index in [1.54, 1.807) is 0 Å². The van der Waals surface area contributed by atoms with Gasteiger partial charge in [0, 0.05) is 0 Å². The van der Waals surface area contributed by atoms with Gasteiger partial charge in [-0.2, -0.15) is 0 Å². The minimum atomic E-state index is -1.81. The number of carbonyl (C=O) groups is 3. The lowest BCUT2D eigenvalue weighted by atomic mass is 10.1. The Balaban J connectivity index is 3.21. The van der Waals surface area contributed by atoms with Crippen molar-refractivity contribution in [1.29, 1.82) is 0 Å². The van der Waals surface area contributed by atoms with E-state index in [-0.39, 0.29) is 17.9 Å². The predicted octanol–water partition coefficient (Wildman–Crippen LogP) is -0.00640. The summed E-state index contributed by atoms with van der Waals surface area (Å²) in [5.41, 5.74) is 2.28. The first-order valence-corrected chi connectivity index (χ1v) is 7.72. The van der Waals surface area contributed by atoms with E-state index < -0.39 is 35.2 Å². The number of benzene rings is 1. The molecule has 0 spiro atoms. The van der Waals surface area contributed by atoms with Gasteiger partial charge >= 0.3 is 17.9 Å². The third-order valence-corrected chi connectivity index (χ3v) is 3.19. The van der Waals surface area contributed by atoms with Gasteiger partial charge in [-0.05, 0) is 51.8 Å². The largest absolute Gasteiger partial charge is 0.480 e. The van der Waals surface area contributed by atoms with Gasteiger partial charge in [-0.15, -0.1) is 0 Å². The smallest absolute Gasteiger partial charge is 0.343 e. The third kappa shape index (κ3) is 6.10. The lowest BCUT2D eigenvalue weighted by Crippen LogP contribution is -2.37. The molecule has 0 saturated heterocycles. The van der Waals surface area contributed by atoms with Crippen LogP contribution in [0.3, 0.4) is 0 Å². The Bertz CT molecular complexity index is 700. The average molecular weight is 369 g/mol. The summed E-state index contributed by atoms with van der Waals surface area (Å²) >= 11 is 0. The van der Waals surface area contributed by atoms with Crippen LogP contribution in [0.4, 0.5) is 0 Å². The van der Waals surface area contributed by atoms with Gasteiger partial charge in [-0.25, -0.2) is 9.59 Å². The molecule has 0 heterocycles. The summed E-state index contributed by atoms with van der Waals surface area (Å²) in [6, 6.07) is 2.81. The second-order valence-electron chi connectivity index (χ2n) is 6.83. The van der Waals surface area contributed by atoms with Crippen LogP contribution in [0.25, 0.3) is 0 Å². The Morgan fingerprint density at radius 2 is 1.46 bits per heavy atom. The molecule has 5 N–H and O–H groups in total. The molecule has 0 amide bonds. The first-order chi connectivity index (χ1) is 11.7. The highest BCUT2D eigenvalue weighted by Crippen LogP contribution is 2.31. The molecular formula is C17H23NO8. The maximum atomic E-state index is 11.9. The molecule has 9 heteroatoms. The Morgan fingerprint density at radius 1 is 1.00 bits per heavy atom. The molecule has 144 valence electrons. The monoisotopic (exact) mass is 369 g/mol. The molecule has 0 aliphatic heterocycles. The van der Waals surface area contributed by atoms with Crippen molar-refractivity contribution in [3.05, 3.63) is 23.8 Å². The van der Waals surface area contributed by atoms with Crippen molar-refractivity contribution >= 4 is 17.9 Å². The normalized spacial score (nSPS) is 13.0. The zero-order valence-electron chi connectivity index (χ0n) is 15.0. The van der Waals surface area contributed by atoms with Crippen molar-refractivity contribution < 1.29 is 39.2 Å². The third-order valence-electron chi connectivity index (χ3n) is 3.19. The second-order valence-corrected chi connectivity index (χ2v) is 6.83. The van der Waals surface area contributed by atoms with E-state index in [1.165, 1.54) is 45.9 Å². The van der Waals surface area contributed by atoms with Crippen LogP contribution >= 0.6 is 0 Å². The van der Waals surface area contributed by atoms with Gasteiger partial charge in [0.25, 0.3) is 0 Å². The van der Waals surface area contributed by atoms with Gasteiger partial charge < -0.3 is 30.5 Å². The van der Waals surface area contributed by atoms with Crippen molar-refractivity contribution in [2.75, 3.05) is 0 Å². The molecule has 0 aliphatic carbocycles. The molecule has 1 rings (SSSR count). The number of esters is 2. The Kier molecular flexibility index (Phi) is 6.48. The number of aliphatic hydroxyl groups is 2. The van der Waals surface area contributed by atoms with E-state index in [0.29, 0.717) is 5.56 Å². The fourth-order valence-corrected chi connectivity index (χ4v) is 1.63. The molecule has 1 aromatic carbocycles. The Labute approximate surface area is 150 Å². The first-order valence-electron chi connectivity index (χ1n) is 7.72. The molecule has 0 fully saturated rings. The molecule has 1 atom stereocenters. The Morgan fingerprint density at radius 3 is 1.88 bits per heavy atom. The fourth-order valence-electron chi connectivity index (χ4n) is 1.63. The molecule has 0 aliphatic rings. The molecule has 0 bridgehead atoms. The number of carbonyl (C=O) groups excluding carboxylic acids is 2. The van der Waals surface area contributed by atoms with Crippen molar-refractivity contribution in [3.8, 4) is 11.5 Å². The topological polar surface area (TPSA) is 156 Å². The number of carboxylic acid groups (broad SMARTS) is 1. The quantitative estimate of drug-likeness (QED) is 0.383.